The number of hydrogen-bond donors (Lipinski definition) is 1. The van der Waals surface area contributed by atoms with E-state index in [0.717, 1.165) is 5.56 Å². The fourth-order valence-corrected chi connectivity index (χ4v) is 3.42. The van der Waals surface area contributed by atoms with E-state index in [0.29, 0.717) is 17.0 Å². The number of halogens is 1. The van der Waals surface area contributed by atoms with Gasteiger partial charge in [-0.05, 0) is 73.5 Å². The van der Waals surface area contributed by atoms with Gasteiger partial charge in [-0.3, -0.25) is 19.5 Å². The second-order valence-electron chi connectivity index (χ2n) is 7.62. The average molecular weight is 431 g/mol. The number of carbonyl (C=O) groups is 2. The van der Waals surface area contributed by atoms with Crippen LogP contribution >= 0.6 is 0 Å². The van der Waals surface area contributed by atoms with Crippen molar-refractivity contribution in [2.75, 3.05) is 5.32 Å². The van der Waals surface area contributed by atoms with E-state index < -0.39 is 17.6 Å². The first-order valence-electron chi connectivity index (χ1n) is 10.2. The van der Waals surface area contributed by atoms with E-state index in [4.69, 9.17) is 4.74 Å². The summed E-state index contributed by atoms with van der Waals surface area (Å²) in [5, 5.41) is 3.09. The highest BCUT2D eigenvalue weighted by Gasteiger charge is 2.39. The molecular formula is C25H22FN3O3. The minimum Gasteiger partial charge on any atom is -0.491 e. The molecule has 3 aromatic rings. The molecular weight excluding hydrogens is 409 g/mol. The van der Waals surface area contributed by atoms with E-state index in [9.17, 15) is 14.0 Å². The lowest BCUT2D eigenvalue weighted by atomic mass is 10.0. The standard InChI is InChI=1S/C25H22FN3O3/c1-16(2)32-21-9-7-20(8-10-21)28-23-22(18-3-5-19(26)6-4-18)24(30)29(25(23)31)15-17-11-13-27-14-12-17/h3-14,16,28H,15H2,1-2H3. The van der Waals surface area contributed by atoms with Gasteiger partial charge in [0.2, 0.25) is 0 Å². The molecule has 0 spiro atoms. The first-order chi connectivity index (χ1) is 15.4. The third-order valence-corrected chi connectivity index (χ3v) is 4.89. The van der Waals surface area contributed by atoms with E-state index >= 15 is 0 Å². The number of aromatic nitrogens is 1. The smallest absolute Gasteiger partial charge is 0.278 e. The number of imide groups is 1. The van der Waals surface area contributed by atoms with Gasteiger partial charge in [0.25, 0.3) is 11.8 Å². The molecule has 0 saturated carbocycles. The zero-order chi connectivity index (χ0) is 22.7. The molecule has 2 heterocycles. The minimum atomic E-state index is -0.450. The van der Waals surface area contributed by atoms with Gasteiger partial charge in [0.05, 0.1) is 18.2 Å². The molecule has 32 heavy (non-hydrogen) atoms. The van der Waals surface area contributed by atoms with Crippen LogP contribution in [0, 0.1) is 5.82 Å². The molecule has 0 atom stereocenters. The molecule has 2 aromatic carbocycles. The summed E-state index contributed by atoms with van der Waals surface area (Å²) in [5.41, 5.74) is 2.21. The predicted molar refractivity (Wildman–Crippen MR) is 119 cm³/mol. The van der Waals surface area contributed by atoms with Crippen LogP contribution in [0.1, 0.15) is 25.0 Å². The average Bonchev–Trinajstić information content (AvgIpc) is 3.00. The summed E-state index contributed by atoms with van der Waals surface area (Å²) in [5.74, 6) is -0.615. The molecule has 162 valence electrons. The van der Waals surface area contributed by atoms with Crippen LogP contribution in [-0.4, -0.2) is 27.8 Å². The largest absolute Gasteiger partial charge is 0.491 e. The Bertz CT molecular complexity index is 1160. The summed E-state index contributed by atoms with van der Waals surface area (Å²) < 4.78 is 19.1. The van der Waals surface area contributed by atoms with Gasteiger partial charge in [-0.25, -0.2) is 4.39 Å². The number of pyridine rings is 1. The Labute approximate surface area is 185 Å². The Hall–Kier alpha value is -4.00. The Kier molecular flexibility index (Phi) is 5.98. The van der Waals surface area contributed by atoms with Crippen LogP contribution in [-0.2, 0) is 16.1 Å². The molecule has 0 aliphatic carbocycles. The first-order valence-corrected chi connectivity index (χ1v) is 10.2. The number of benzene rings is 2. The fraction of sp³-hybridized carbons (Fsp3) is 0.160. The van der Waals surface area contributed by atoms with Crippen molar-refractivity contribution < 1.29 is 18.7 Å². The Morgan fingerprint density at radius 1 is 0.938 bits per heavy atom. The van der Waals surface area contributed by atoms with Crippen molar-refractivity contribution in [2.24, 2.45) is 0 Å². The lowest BCUT2D eigenvalue weighted by molar-refractivity contribution is -0.137. The summed E-state index contributed by atoms with van der Waals surface area (Å²) in [7, 11) is 0. The summed E-state index contributed by atoms with van der Waals surface area (Å²) >= 11 is 0. The highest BCUT2D eigenvalue weighted by atomic mass is 19.1. The van der Waals surface area contributed by atoms with Crippen molar-refractivity contribution in [3.05, 3.63) is 95.7 Å². The molecule has 6 nitrogen and oxygen atoms in total. The van der Waals surface area contributed by atoms with Crippen LogP contribution in [0.3, 0.4) is 0 Å². The van der Waals surface area contributed by atoms with Crippen LogP contribution in [0.5, 0.6) is 5.75 Å². The van der Waals surface area contributed by atoms with Gasteiger partial charge in [0, 0.05) is 18.1 Å². The molecule has 1 N–H and O–H groups in total. The Morgan fingerprint density at radius 3 is 2.22 bits per heavy atom. The molecule has 1 aromatic heterocycles. The third-order valence-electron chi connectivity index (χ3n) is 4.89. The number of carbonyl (C=O) groups excluding carboxylic acids is 2. The van der Waals surface area contributed by atoms with Crippen molar-refractivity contribution in [3.63, 3.8) is 0 Å². The van der Waals surface area contributed by atoms with E-state index in [1.807, 2.05) is 13.8 Å². The monoisotopic (exact) mass is 431 g/mol. The second-order valence-corrected chi connectivity index (χ2v) is 7.62. The van der Waals surface area contributed by atoms with E-state index in [1.165, 1.54) is 29.2 Å². The van der Waals surface area contributed by atoms with Gasteiger partial charge in [-0.15, -0.1) is 0 Å². The number of rotatable bonds is 7. The maximum absolute atomic E-state index is 13.5. The molecule has 1 aliphatic heterocycles. The molecule has 2 amide bonds. The maximum Gasteiger partial charge on any atom is 0.278 e. The molecule has 0 fully saturated rings. The molecule has 0 unspecified atom stereocenters. The number of amides is 2. The Balaban J connectivity index is 1.68. The zero-order valence-corrected chi connectivity index (χ0v) is 17.7. The van der Waals surface area contributed by atoms with Gasteiger partial charge in [-0.2, -0.15) is 0 Å². The lowest BCUT2D eigenvalue weighted by Crippen LogP contribution is -2.32. The maximum atomic E-state index is 13.5. The van der Waals surface area contributed by atoms with Crippen molar-refractivity contribution in [1.29, 1.82) is 0 Å². The normalized spacial score (nSPS) is 13.8. The van der Waals surface area contributed by atoms with Crippen molar-refractivity contribution in [3.8, 4) is 5.75 Å². The minimum absolute atomic E-state index is 0.0392. The fourth-order valence-electron chi connectivity index (χ4n) is 3.42. The molecule has 0 radical (unpaired) electrons. The van der Waals surface area contributed by atoms with Crippen molar-refractivity contribution in [2.45, 2.75) is 26.5 Å². The highest BCUT2D eigenvalue weighted by Crippen LogP contribution is 2.32. The number of anilines is 1. The van der Waals surface area contributed by atoms with Crippen LogP contribution in [0.4, 0.5) is 10.1 Å². The highest BCUT2D eigenvalue weighted by molar-refractivity contribution is 6.36. The van der Waals surface area contributed by atoms with Gasteiger partial charge < -0.3 is 10.1 Å². The molecule has 1 aliphatic rings. The summed E-state index contributed by atoms with van der Waals surface area (Å²) in [6, 6.07) is 16.1. The van der Waals surface area contributed by atoms with Crippen LogP contribution in [0.25, 0.3) is 5.57 Å². The number of ether oxygens (including phenoxy) is 1. The van der Waals surface area contributed by atoms with Gasteiger partial charge in [0.1, 0.15) is 17.3 Å². The van der Waals surface area contributed by atoms with E-state index in [2.05, 4.69) is 10.3 Å². The van der Waals surface area contributed by atoms with Crippen molar-refractivity contribution in [1.82, 2.24) is 9.88 Å². The van der Waals surface area contributed by atoms with Crippen molar-refractivity contribution >= 4 is 23.1 Å². The lowest BCUT2D eigenvalue weighted by Gasteiger charge is -2.15. The van der Waals surface area contributed by atoms with Crippen LogP contribution in [0.15, 0.2) is 78.8 Å². The SMILES string of the molecule is CC(C)Oc1ccc(NC2=C(c3ccc(F)cc3)C(=O)N(Cc3ccncc3)C2=O)cc1. The number of nitrogens with zero attached hydrogens (tertiary/aromatic N) is 2. The zero-order valence-electron chi connectivity index (χ0n) is 17.7. The molecule has 0 bridgehead atoms. The molecule has 0 saturated heterocycles. The molecule has 7 heteroatoms. The first kappa shape index (κ1) is 21.2. The van der Waals surface area contributed by atoms with E-state index in [-0.39, 0.29) is 23.9 Å². The topological polar surface area (TPSA) is 71.5 Å². The second kappa shape index (κ2) is 9.01. The Morgan fingerprint density at radius 2 is 1.59 bits per heavy atom. The predicted octanol–water partition coefficient (Wildman–Crippen LogP) is 4.40. The summed E-state index contributed by atoms with van der Waals surface area (Å²) in [4.78, 5) is 31.7. The van der Waals surface area contributed by atoms with Crippen LogP contribution in [0.2, 0.25) is 0 Å². The summed E-state index contributed by atoms with van der Waals surface area (Å²) in [6.45, 7) is 3.98. The van der Waals surface area contributed by atoms with Crippen LogP contribution < -0.4 is 10.1 Å². The van der Waals surface area contributed by atoms with Gasteiger partial charge >= 0.3 is 0 Å². The third kappa shape index (κ3) is 4.51. The van der Waals surface area contributed by atoms with Gasteiger partial charge in [0.15, 0.2) is 0 Å². The number of nitrogens with one attached hydrogen (secondary N) is 1. The van der Waals surface area contributed by atoms with E-state index in [1.54, 1.807) is 48.8 Å². The molecule has 4 rings (SSSR count). The number of hydrogen-bond acceptors (Lipinski definition) is 5. The van der Waals surface area contributed by atoms with Gasteiger partial charge in [-0.1, -0.05) is 12.1 Å². The summed E-state index contributed by atoms with van der Waals surface area (Å²) in [6.07, 6.45) is 3.25. The quantitative estimate of drug-likeness (QED) is 0.562.